The zero-order valence-electron chi connectivity index (χ0n) is 12.1. The van der Waals surface area contributed by atoms with Gasteiger partial charge in [0.25, 0.3) is 0 Å². The van der Waals surface area contributed by atoms with Crippen LogP contribution in [0.5, 0.6) is 0 Å². The van der Waals surface area contributed by atoms with Gasteiger partial charge in [-0.15, -0.1) is 0 Å². The fraction of sp³-hybridized carbons (Fsp3) is 0.647. The lowest BCUT2D eigenvalue weighted by atomic mass is 9.89. The highest BCUT2D eigenvalue weighted by Crippen LogP contribution is 2.28. The molecule has 1 saturated heterocycles. The van der Waals surface area contributed by atoms with Crippen molar-refractivity contribution in [3.05, 3.63) is 29.8 Å². The second-order valence-corrected chi connectivity index (χ2v) is 6.13. The summed E-state index contributed by atoms with van der Waals surface area (Å²) in [5.74, 6) is 0.936. The molecule has 104 valence electrons. The van der Waals surface area contributed by atoms with Crippen molar-refractivity contribution in [3.63, 3.8) is 0 Å². The molecule has 0 radical (unpaired) electrons. The van der Waals surface area contributed by atoms with Crippen LogP contribution in [0.25, 0.3) is 0 Å². The lowest BCUT2D eigenvalue weighted by Crippen LogP contribution is -2.47. The molecule has 19 heavy (non-hydrogen) atoms. The smallest absolute Gasteiger partial charge is 0.0399 e. The van der Waals surface area contributed by atoms with E-state index in [1.54, 1.807) is 0 Å². The van der Waals surface area contributed by atoms with Gasteiger partial charge < -0.3 is 10.2 Å². The molecule has 1 N–H and O–H groups in total. The molecule has 0 spiro atoms. The number of hydrogen-bond acceptors (Lipinski definition) is 2. The second kappa shape index (κ2) is 5.96. The molecular weight excluding hydrogens is 232 g/mol. The van der Waals surface area contributed by atoms with Crippen LogP contribution in [0, 0.1) is 5.92 Å². The van der Waals surface area contributed by atoms with Gasteiger partial charge in [0.05, 0.1) is 0 Å². The Morgan fingerprint density at radius 2 is 2.21 bits per heavy atom. The summed E-state index contributed by atoms with van der Waals surface area (Å²) in [5.41, 5.74) is 3.02. The third-order valence-corrected chi connectivity index (χ3v) is 4.83. The maximum Gasteiger partial charge on any atom is 0.0399 e. The number of anilines is 1. The Labute approximate surface area is 117 Å². The lowest BCUT2D eigenvalue weighted by molar-refractivity contribution is 0.295. The molecule has 2 heterocycles. The Morgan fingerprint density at radius 3 is 3.11 bits per heavy atom. The molecule has 0 aromatic heterocycles. The molecule has 3 rings (SSSR count). The third kappa shape index (κ3) is 2.94. The summed E-state index contributed by atoms with van der Waals surface area (Å²) in [7, 11) is 0. The monoisotopic (exact) mass is 258 g/mol. The maximum atomic E-state index is 3.72. The molecule has 2 nitrogen and oxygen atoms in total. The Morgan fingerprint density at radius 1 is 1.32 bits per heavy atom. The first-order valence-corrected chi connectivity index (χ1v) is 7.93. The predicted molar refractivity (Wildman–Crippen MR) is 81.8 cm³/mol. The zero-order valence-corrected chi connectivity index (χ0v) is 12.1. The van der Waals surface area contributed by atoms with Crippen LogP contribution in [0.1, 0.15) is 38.2 Å². The Bertz CT molecular complexity index is 415. The van der Waals surface area contributed by atoms with Crippen LogP contribution in [0.4, 0.5) is 5.69 Å². The number of nitrogens with one attached hydrogen (secondary N) is 1. The van der Waals surface area contributed by atoms with Gasteiger partial charge in [-0.05, 0) is 49.8 Å². The molecule has 2 aliphatic rings. The minimum Gasteiger partial charge on any atom is -0.370 e. The highest BCUT2D eigenvalue weighted by atomic mass is 15.2. The van der Waals surface area contributed by atoms with Crippen LogP contribution in [-0.4, -0.2) is 25.7 Å². The number of rotatable bonds is 3. The third-order valence-electron chi connectivity index (χ3n) is 4.83. The summed E-state index contributed by atoms with van der Waals surface area (Å²) in [5, 5.41) is 3.72. The number of para-hydroxylation sites is 1. The van der Waals surface area contributed by atoms with Gasteiger partial charge in [-0.25, -0.2) is 0 Å². The first kappa shape index (κ1) is 13.0. The quantitative estimate of drug-likeness (QED) is 0.895. The van der Waals surface area contributed by atoms with Crippen molar-refractivity contribution in [1.29, 1.82) is 0 Å². The average Bonchev–Trinajstić information content (AvgIpc) is 2.48. The highest BCUT2D eigenvalue weighted by Gasteiger charge is 2.24. The van der Waals surface area contributed by atoms with Crippen molar-refractivity contribution in [2.24, 2.45) is 5.92 Å². The zero-order chi connectivity index (χ0) is 13.1. The summed E-state index contributed by atoms with van der Waals surface area (Å²) in [6.07, 6.45) is 6.62. The summed E-state index contributed by atoms with van der Waals surface area (Å²) < 4.78 is 0. The molecule has 2 heteroatoms. The van der Waals surface area contributed by atoms with Gasteiger partial charge >= 0.3 is 0 Å². The first-order valence-electron chi connectivity index (χ1n) is 7.93. The van der Waals surface area contributed by atoms with E-state index in [1.807, 2.05) is 0 Å². The fourth-order valence-electron chi connectivity index (χ4n) is 3.67. The molecule has 0 saturated carbocycles. The Balaban J connectivity index is 1.67. The van der Waals surface area contributed by atoms with Gasteiger partial charge in [-0.3, -0.25) is 0 Å². The first-order chi connectivity index (χ1) is 9.36. The van der Waals surface area contributed by atoms with Gasteiger partial charge in [0.1, 0.15) is 0 Å². The molecule has 1 fully saturated rings. The van der Waals surface area contributed by atoms with E-state index < -0.39 is 0 Å². The van der Waals surface area contributed by atoms with Gasteiger partial charge in [-0.2, -0.15) is 0 Å². The topological polar surface area (TPSA) is 15.3 Å². The molecule has 2 atom stereocenters. The van der Waals surface area contributed by atoms with Crippen LogP contribution < -0.4 is 10.2 Å². The number of piperidine rings is 1. The Hall–Kier alpha value is -1.02. The predicted octanol–water partition coefficient (Wildman–Crippen LogP) is 3.22. The van der Waals surface area contributed by atoms with E-state index in [9.17, 15) is 0 Å². The molecule has 0 bridgehead atoms. The van der Waals surface area contributed by atoms with Gasteiger partial charge in [-0.1, -0.05) is 31.5 Å². The largest absolute Gasteiger partial charge is 0.370 e. The van der Waals surface area contributed by atoms with E-state index in [2.05, 4.69) is 41.4 Å². The number of benzene rings is 1. The van der Waals surface area contributed by atoms with Crippen molar-refractivity contribution in [3.8, 4) is 0 Å². The van der Waals surface area contributed by atoms with Crippen LogP contribution in [0.15, 0.2) is 24.3 Å². The van der Waals surface area contributed by atoms with Crippen LogP contribution in [0.2, 0.25) is 0 Å². The van der Waals surface area contributed by atoms with Crippen molar-refractivity contribution in [1.82, 2.24) is 5.32 Å². The maximum absolute atomic E-state index is 3.72. The van der Waals surface area contributed by atoms with E-state index >= 15 is 0 Å². The molecular formula is C17H26N2. The van der Waals surface area contributed by atoms with E-state index in [0.717, 1.165) is 5.92 Å². The number of aryl methyl sites for hydroxylation is 1. The van der Waals surface area contributed by atoms with Crippen LogP contribution in [0.3, 0.4) is 0 Å². The molecule has 1 aromatic carbocycles. The highest BCUT2D eigenvalue weighted by molar-refractivity contribution is 5.55. The second-order valence-electron chi connectivity index (χ2n) is 6.13. The SMILES string of the molecule is CCC1CCNC(CN2CCCc3ccccc32)C1. The normalized spacial score (nSPS) is 27.1. The standard InChI is InChI=1S/C17H26N2/c1-2-14-9-10-18-16(12-14)13-19-11-5-7-15-6-3-4-8-17(15)19/h3-4,6,8,14,16,18H,2,5,7,9-13H2,1H3. The number of nitrogens with zero attached hydrogens (tertiary/aromatic N) is 1. The van der Waals surface area contributed by atoms with E-state index in [0.29, 0.717) is 6.04 Å². The minimum absolute atomic E-state index is 0.685. The summed E-state index contributed by atoms with van der Waals surface area (Å²) in [6.45, 7) is 5.96. The van der Waals surface area contributed by atoms with Crippen molar-refractivity contribution >= 4 is 5.69 Å². The molecule has 2 aliphatic heterocycles. The van der Waals surface area contributed by atoms with E-state index in [4.69, 9.17) is 0 Å². The molecule has 2 unspecified atom stereocenters. The van der Waals surface area contributed by atoms with Crippen molar-refractivity contribution in [2.75, 3.05) is 24.5 Å². The molecule has 0 aliphatic carbocycles. The van der Waals surface area contributed by atoms with E-state index in [1.165, 1.54) is 63.0 Å². The van der Waals surface area contributed by atoms with Crippen molar-refractivity contribution in [2.45, 2.75) is 45.1 Å². The average molecular weight is 258 g/mol. The fourth-order valence-corrected chi connectivity index (χ4v) is 3.67. The Kier molecular flexibility index (Phi) is 4.07. The number of fused-ring (bicyclic) bond motifs is 1. The van der Waals surface area contributed by atoms with Crippen LogP contribution >= 0.6 is 0 Å². The molecule has 0 amide bonds. The van der Waals surface area contributed by atoms with Gasteiger partial charge in [0.2, 0.25) is 0 Å². The lowest BCUT2D eigenvalue weighted by Gasteiger charge is -2.37. The summed E-state index contributed by atoms with van der Waals surface area (Å²) in [4.78, 5) is 2.61. The summed E-state index contributed by atoms with van der Waals surface area (Å²) in [6, 6.07) is 9.64. The van der Waals surface area contributed by atoms with Gasteiger partial charge in [0.15, 0.2) is 0 Å². The number of hydrogen-bond donors (Lipinski definition) is 1. The van der Waals surface area contributed by atoms with Gasteiger partial charge in [0, 0.05) is 24.8 Å². The van der Waals surface area contributed by atoms with Crippen LogP contribution in [-0.2, 0) is 6.42 Å². The molecule has 1 aromatic rings. The minimum atomic E-state index is 0.685. The van der Waals surface area contributed by atoms with Crippen molar-refractivity contribution < 1.29 is 0 Å². The van der Waals surface area contributed by atoms with E-state index in [-0.39, 0.29) is 0 Å². The summed E-state index contributed by atoms with van der Waals surface area (Å²) >= 11 is 0.